The van der Waals surface area contributed by atoms with Crippen molar-refractivity contribution in [2.24, 2.45) is 5.92 Å². The van der Waals surface area contributed by atoms with Crippen LogP contribution >= 0.6 is 0 Å². The Morgan fingerprint density at radius 1 is 1.32 bits per heavy atom. The van der Waals surface area contributed by atoms with E-state index in [-0.39, 0.29) is 16.7 Å². The molecule has 2 aliphatic rings. The van der Waals surface area contributed by atoms with Crippen LogP contribution in [0, 0.1) is 17.2 Å². The molecule has 0 spiro atoms. The maximum atomic E-state index is 9.13. The average Bonchev–Trinajstić information content (AvgIpc) is 2.91. The zero-order valence-corrected chi connectivity index (χ0v) is 14.1. The normalized spacial score (nSPS) is 32.5. The Morgan fingerprint density at radius 2 is 1.91 bits per heavy atom. The first-order valence-electron chi connectivity index (χ1n) is 7.97. The van der Waals surface area contributed by atoms with Crippen molar-refractivity contribution in [3.63, 3.8) is 0 Å². The van der Waals surface area contributed by atoms with Crippen molar-refractivity contribution in [1.29, 1.82) is 5.26 Å². The van der Waals surface area contributed by atoms with E-state index in [9.17, 15) is 0 Å². The van der Waals surface area contributed by atoms with Crippen molar-refractivity contribution in [3.8, 4) is 6.07 Å². The van der Waals surface area contributed by atoms with Gasteiger partial charge in [-0.05, 0) is 46.5 Å². The first-order valence-corrected chi connectivity index (χ1v) is 7.97. The minimum Gasteiger partial charge on any atom is -0.399 e. The van der Waals surface area contributed by atoms with Gasteiger partial charge in [0.05, 0.1) is 29.2 Å². The molecule has 1 saturated heterocycles. The second kappa shape index (κ2) is 4.84. The SMILES string of the molecule is CC1CC(CC#N)(n2cc(B3OC(C)(C)C(C)(C)O3)cn2)C1. The van der Waals surface area contributed by atoms with Crippen molar-refractivity contribution < 1.29 is 9.31 Å². The fourth-order valence-electron chi connectivity index (χ4n) is 3.49. The van der Waals surface area contributed by atoms with E-state index >= 15 is 0 Å². The number of nitrogens with zero attached hydrogens (tertiary/aromatic N) is 3. The number of rotatable bonds is 3. The molecule has 1 aliphatic carbocycles. The van der Waals surface area contributed by atoms with Crippen molar-refractivity contribution in [2.45, 2.75) is 70.6 Å². The molecule has 2 heterocycles. The molecule has 3 rings (SSSR count). The fraction of sp³-hybridized carbons (Fsp3) is 0.750. The molecular formula is C16H24BN3O2. The molecule has 1 aromatic heterocycles. The minimum absolute atomic E-state index is 0.143. The monoisotopic (exact) mass is 301 g/mol. The van der Waals surface area contributed by atoms with E-state index in [2.05, 4.69) is 18.1 Å². The second-order valence-corrected chi connectivity index (χ2v) is 7.88. The smallest absolute Gasteiger partial charge is 0.399 e. The van der Waals surface area contributed by atoms with Gasteiger partial charge in [0.2, 0.25) is 0 Å². The molecule has 0 N–H and O–H groups in total. The van der Waals surface area contributed by atoms with Crippen LogP contribution < -0.4 is 5.46 Å². The predicted molar refractivity (Wildman–Crippen MR) is 84.5 cm³/mol. The zero-order valence-electron chi connectivity index (χ0n) is 14.1. The van der Waals surface area contributed by atoms with Crippen molar-refractivity contribution >= 4 is 12.6 Å². The highest BCUT2D eigenvalue weighted by molar-refractivity contribution is 6.62. The highest BCUT2D eigenvalue weighted by Crippen LogP contribution is 2.45. The highest BCUT2D eigenvalue weighted by atomic mass is 16.7. The Kier molecular flexibility index (Phi) is 3.43. The second-order valence-electron chi connectivity index (χ2n) is 7.88. The maximum absolute atomic E-state index is 9.13. The summed E-state index contributed by atoms with van der Waals surface area (Å²) in [5.41, 5.74) is 0.0794. The van der Waals surface area contributed by atoms with Crippen LogP contribution in [0.2, 0.25) is 0 Å². The van der Waals surface area contributed by atoms with Gasteiger partial charge in [-0.3, -0.25) is 4.68 Å². The van der Waals surface area contributed by atoms with Gasteiger partial charge in [0, 0.05) is 17.9 Å². The van der Waals surface area contributed by atoms with Crippen LogP contribution in [0.25, 0.3) is 0 Å². The lowest BCUT2D eigenvalue weighted by molar-refractivity contribution is 0.00578. The Hall–Kier alpha value is -1.32. The maximum Gasteiger partial charge on any atom is 0.498 e. The van der Waals surface area contributed by atoms with Gasteiger partial charge in [-0.25, -0.2) is 0 Å². The summed E-state index contributed by atoms with van der Waals surface area (Å²) in [5, 5.41) is 13.6. The van der Waals surface area contributed by atoms with Crippen LogP contribution in [0.5, 0.6) is 0 Å². The molecule has 0 amide bonds. The lowest BCUT2D eigenvalue weighted by Gasteiger charge is -2.45. The van der Waals surface area contributed by atoms with E-state index in [1.807, 2.05) is 44.8 Å². The van der Waals surface area contributed by atoms with Gasteiger partial charge in [0.25, 0.3) is 0 Å². The molecule has 1 aromatic rings. The molecule has 5 nitrogen and oxygen atoms in total. The van der Waals surface area contributed by atoms with E-state index in [0.29, 0.717) is 12.3 Å². The first-order chi connectivity index (χ1) is 10.2. The number of hydrogen-bond acceptors (Lipinski definition) is 4. The van der Waals surface area contributed by atoms with E-state index in [4.69, 9.17) is 14.6 Å². The number of aromatic nitrogens is 2. The summed E-state index contributed by atoms with van der Waals surface area (Å²) in [6.45, 7) is 10.4. The molecule has 118 valence electrons. The highest BCUT2D eigenvalue weighted by Gasteiger charge is 2.52. The van der Waals surface area contributed by atoms with Gasteiger partial charge in [0.15, 0.2) is 0 Å². The van der Waals surface area contributed by atoms with E-state index in [0.717, 1.165) is 18.3 Å². The van der Waals surface area contributed by atoms with Crippen molar-refractivity contribution in [2.75, 3.05) is 0 Å². The Labute approximate surface area is 132 Å². The number of hydrogen-bond donors (Lipinski definition) is 0. The lowest BCUT2D eigenvalue weighted by Crippen LogP contribution is -2.46. The topological polar surface area (TPSA) is 60.1 Å². The van der Waals surface area contributed by atoms with Gasteiger partial charge in [0.1, 0.15) is 0 Å². The lowest BCUT2D eigenvalue weighted by atomic mass is 9.67. The van der Waals surface area contributed by atoms with Crippen LogP contribution in [0.4, 0.5) is 0 Å². The van der Waals surface area contributed by atoms with Crippen LogP contribution in [-0.2, 0) is 14.8 Å². The molecule has 0 atom stereocenters. The largest absolute Gasteiger partial charge is 0.498 e. The summed E-state index contributed by atoms with van der Waals surface area (Å²) in [7, 11) is -0.393. The van der Waals surface area contributed by atoms with Gasteiger partial charge in [-0.15, -0.1) is 0 Å². The Balaban J connectivity index is 1.82. The molecule has 1 saturated carbocycles. The summed E-state index contributed by atoms with van der Waals surface area (Å²) < 4.78 is 14.1. The Morgan fingerprint density at radius 3 is 2.41 bits per heavy atom. The third-order valence-electron chi connectivity index (χ3n) is 5.48. The summed E-state index contributed by atoms with van der Waals surface area (Å²) in [6.07, 6.45) is 6.31. The average molecular weight is 301 g/mol. The van der Waals surface area contributed by atoms with Crippen LogP contribution in [0.1, 0.15) is 53.9 Å². The van der Waals surface area contributed by atoms with Crippen LogP contribution in [0.3, 0.4) is 0 Å². The van der Waals surface area contributed by atoms with Crippen LogP contribution in [0.15, 0.2) is 12.4 Å². The molecule has 1 aliphatic heterocycles. The van der Waals surface area contributed by atoms with Gasteiger partial charge >= 0.3 is 7.12 Å². The molecule has 0 radical (unpaired) electrons. The van der Waals surface area contributed by atoms with Gasteiger partial charge < -0.3 is 9.31 Å². The summed E-state index contributed by atoms with van der Waals surface area (Å²) in [6, 6.07) is 2.31. The molecule has 2 fully saturated rings. The minimum atomic E-state index is -0.393. The summed E-state index contributed by atoms with van der Waals surface area (Å²) in [4.78, 5) is 0. The molecule has 0 bridgehead atoms. The zero-order chi connectivity index (χ0) is 16.2. The predicted octanol–water partition coefficient (Wildman–Crippen LogP) is 2.22. The molecule has 0 aromatic carbocycles. The van der Waals surface area contributed by atoms with Crippen LogP contribution in [-0.4, -0.2) is 28.1 Å². The van der Waals surface area contributed by atoms with Crippen molar-refractivity contribution in [1.82, 2.24) is 9.78 Å². The van der Waals surface area contributed by atoms with Crippen molar-refractivity contribution in [3.05, 3.63) is 12.4 Å². The van der Waals surface area contributed by atoms with E-state index < -0.39 is 7.12 Å². The molecular weight excluding hydrogens is 277 g/mol. The molecule has 22 heavy (non-hydrogen) atoms. The first kappa shape index (κ1) is 15.6. The van der Waals surface area contributed by atoms with Gasteiger partial charge in [-0.1, -0.05) is 6.92 Å². The molecule has 6 heteroatoms. The Bertz CT molecular complexity index is 595. The summed E-state index contributed by atoms with van der Waals surface area (Å²) >= 11 is 0. The van der Waals surface area contributed by atoms with Gasteiger partial charge in [-0.2, -0.15) is 10.4 Å². The summed E-state index contributed by atoms with van der Waals surface area (Å²) in [5.74, 6) is 0.651. The standard InChI is InChI=1S/C16H24BN3O2/c1-12-8-16(9-12,6-7-18)20-11-13(10-19-20)17-21-14(2,3)15(4,5)22-17/h10-12H,6,8-9H2,1-5H3. The van der Waals surface area contributed by atoms with E-state index in [1.165, 1.54) is 0 Å². The third-order valence-corrected chi connectivity index (χ3v) is 5.48. The van der Waals surface area contributed by atoms with E-state index in [1.54, 1.807) is 0 Å². The quantitative estimate of drug-likeness (QED) is 0.803. The third kappa shape index (κ3) is 2.27. The molecule has 0 unspecified atom stereocenters. The number of nitriles is 1. The fourth-order valence-corrected chi connectivity index (χ4v) is 3.49.